The van der Waals surface area contributed by atoms with Gasteiger partial charge in [-0.2, -0.15) is 36.3 Å². The van der Waals surface area contributed by atoms with E-state index in [4.69, 9.17) is 17.3 Å². The Labute approximate surface area is 281 Å². The number of ether oxygens (including phenoxy) is 1. The van der Waals surface area contributed by atoms with Gasteiger partial charge in [0.05, 0.1) is 39.3 Å². The highest BCUT2D eigenvalue weighted by atomic mass is 35.5. The Morgan fingerprint density at radius 3 is 2.28 bits per heavy atom. The largest absolute Gasteiger partial charge is 0.471 e. The fraction of sp³-hybridized carbons (Fsp3) is 0.276. The van der Waals surface area contributed by atoms with Crippen LogP contribution in [-0.2, 0) is 28.3 Å². The Balaban J connectivity index is 1.77. The van der Waals surface area contributed by atoms with Gasteiger partial charge in [0.1, 0.15) is 17.5 Å². The molecule has 2 aromatic carbocycles. The number of sulfonamides is 1. The molecule has 1 atom stereocenters. The number of hydrogen-bond acceptors (Lipinski definition) is 9. The Kier molecular flexibility index (Phi) is 9.34. The highest BCUT2D eigenvalue weighted by molar-refractivity contribution is 7.92. The molecule has 2 N–H and O–H groups in total. The second kappa shape index (κ2) is 12.8. The van der Waals surface area contributed by atoms with E-state index >= 15 is 0 Å². The molecule has 266 valence electrons. The minimum atomic E-state index is -5.93. The van der Waals surface area contributed by atoms with E-state index in [1.54, 1.807) is 0 Å². The number of nitrogens with two attached hydrogens (primary N) is 1. The maximum absolute atomic E-state index is 14.2. The molecule has 5 aromatic rings. The fourth-order valence-corrected chi connectivity index (χ4v) is 6.29. The number of benzene rings is 2. The van der Waals surface area contributed by atoms with Crippen LogP contribution in [0, 0.1) is 11.6 Å². The van der Waals surface area contributed by atoms with Crippen LogP contribution < -0.4 is 20.3 Å². The molecule has 12 nitrogen and oxygen atoms in total. The minimum absolute atomic E-state index is 0.0156. The van der Waals surface area contributed by atoms with Crippen LogP contribution in [0.2, 0.25) is 5.02 Å². The van der Waals surface area contributed by atoms with Crippen molar-refractivity contribution >= 4 is 55.3 Å². The van der Waals surface area contributed by atoms with Crippen LogP contribution in [0.4, 0.5) is 36.6 Å². The quantitative estimate of drug-likeness (QED) is 0.211. The molecule has 0 saturated heterocycles. The summed E-state index contributed by atoms with van der Waals surface area (Å²) >= 11 is 6.48. The molecule has 0 radical (unpaired) electrons. The van der Waals surface area contributed by atoms with Crippen LogP contribution in [0.3, 0.4) is 0 Å². The number of fused-ring (bicyclic) bond motifs is 2. The van der Waals surface area contributed by atoms with Gasteiger partial charge in [0.2, 0.25) is 21.8 Å². The molecule has 0 fully saturated rings. The van der Waals surface area contributed by atoms with Gasteiger partial charge in [-0.15, -0.1) is 0 Å². The average molecular weight is 750 g/mol. The molecule has 0 aliphatic carbocycles. The lowest BCUT2D eigenvalue weighted by Crippen LogP contribution is -2.41. The number of halogens is 8. The number of rotatable bonds is 9. The molecule has 3 heterocycles. The zero-order chi connectivity index (χ0) is 37.1. The highest BCUT2D eigenvalue weighted by Gasteiger charge is 2.58. The van der Waals surface area contributed by atoms with Gasteiger partial charge in [0, 0.05) is 26.1 Å². The second-order valence-electron chi connectivity index (χ2n) is 11.0. The van der Waals surface area contributed by atoms with Gasteiger partial charge < -0.3 is 10.5 Å². The van der Waals surface area contributed by atoms with Crippen LogP contribution in [0.1, 0.15) is 24.4 Å². The van der Waals surface area contributed by atoms with E-state index in [1.165, 1.54) is 19.2 Å². The van der Waals surface area contributed by atoms with Crippen molar-refractivity contribution in [3.63, 3.8) is 0 Å². The van der Waals surface area contributed by atoms with Gasteiger partial charge in [0.25, 0.3) is 5.56 Å². The molecular weight excluding hydrogens is 727 g/mol. The number of anilines is 1. The van der Waals surface area contributed by atoms with Gasteiger partial charge in [-0.25, -0.2) is 22.2 Å². The molecule has 0 spiro atoms. The number of nitrogens with zero attached hydrogens (tertiary/aromatic N) is 6. The molecule has 3 aromatic heterocycles. The monoisotopic (exact) mass is 749 g/mol. The van der Waals surface area contributed by atoms with Crippen molar-refractivity contribution in [1.29, 1.82) is 0 Å². The maximum Gasteiger partial charge on any atom is 0.456 e. The van der Waals surface area contributed by atoms with Crippen LogP contribution >= 0.6 is 11.6 Å². The lowest BCUT2D eigenvalue weighted by molar-refractivity contribution is -0.290. The normalized spacial score (nSPS) is 13.2. The summed E-state index contributed by atoms with van der Waals surface area (Å²) in [6, 6.07) is 5.57. The molecular formula is C29H23ClF7N7O5S. The van der Waals surface area contributed by atoms with E-state index in [1.807, 2.05) is 0 Å². The van der Waals surface area contributed by atoms with Crippen molar-refractivity contribution in [3.05, 3.63) is 80.9 Å². The van der Waals surface area contributed by atoms with Crippen molar-refractivity contribution in [2.45, 2.75) is 31.5 Å². The number of aryl methyl sites for hydroxylation is 1. The SMILES string of the molecule is CC(=O)N(c1nn(C)c2c(-n3c([C@@H](N)Cc4cc(F)cc(F)c4)nc4nc(OCC(F)(F)C(F)(F)F)ccc4c3=O)ccc(Cl)c12)S(C)(=O)=O. The number of carbonyl (C=O) groups excluding carboxylic acids is 1. The first kappa shape index (κ1) is 36.5. The zero-order valence-corrected chi connectivity index (χ0v) is 27.3. The number of amides is 1. The molecule has 5 rings (SSSR count). The van der Waals surface area contributed by atoms with Crippen molar-refractivity contribution < 1.29 is 48.7 Å². The summed E-state index contributed by atoms with van der Waals surface area (Å²) in [5, 5.41) is 3.67. The van der Waals surface area contributed by atoms with Crippen LogP contribution in [-0.4, -0.2) is 63.6 Å². The standard InChI is InChI=1S/C29H23ClF7N7O5S/c1-13(45)44(50(3,47)48)26-22-18(30)5-6-20(23(22)42(2)41-26)43-25(19(38)10-14-8-15(31)11-16(32)9-14)40-24-17(27(43)46)4-7-21(39-24)49-12-28(33,34)29(35,36)37/h4-9,11,19H,10,12,38H2,1-3H3/t19-/m0/s1. The summed E-state index contributed by atoms with van der Waals surface area (Å²) in [6.07, 6.45) is -5.53. The molecule has 0 unspecified atom stereocenters. The van der Waals surface area contributed by atoms with Crippen molar-refractivity contribution in [2.24, 2.45) is 12.8 Å². The van der Waals surface area contributed by atoms with E-state index in [-0.39, 0.29) is 44.8 Å². The topological polar surface area (TPSA) is 155 Å². The van der Waals surface area contributed by atoms with E-state index in [9.17, 15) is 48.7 Å². The number of aromatic nitrogens is 5. The molecule has 0 saturated carbocycles. The number of hydrogen-bond donors (Lipinski definition) is 1. The highest BCUT2D eigenvalue weighted by Crippen LogP contribution is 2.38. The van der Waals surface area contributed by atoms with Gasteiger partial charge in [-0.1, -0.05) is 11.6 Å². The Bertz CT molecular complexity index is 2330. The number of pyridine rings is 1. The van der Waals surface area contributed by atoms with Crippen LogP contribution in [0.5, 0.6) is 5.88 Å². The van der Waals surface area contributed by atoms with E-state index < -0.39 is 75.2 Å². The predicted octanol–water partition coefficient (Wildman–Crippen LogP) is 4.73. The van der Waals surface area contributed by atoms with Gasteiger partial charge in [0.15, 0.2) is 18.1 Å². The summed E-state index contributed by atoms with van der Waals surface area (Å²) in [6.45, 7) is -1.17. The predicted molar refractivity (Wildman–Crippen MR) is 166 cm³/mol. The summed E-state index contributed by atoms with van der Waals surface area (Å²) in [5.41, 5.74) is 4.93. The Morgan fingerprint density at radius 2 is 1.70 bits per heavy atom. The zero-order valence-electron chi connectivity index (χ0n) is 25.8. The smallest absolute Gasteiger partial charge is 0.456 e. The van der Waals surface area contributed by atoms with Crippen molar-refractivity contribution in [3.8, 4) is 11.6 Å². The van der Waals surface area contributed by atoms with Gasteiger partial charge in [-0.05, 0) is 42.3 Å². The van der Waals surface area contributed by atoms with E-state index in [2.05, 4.69) is 19.8 Å². The minimum Gasteiger partial charge on any atom is -0.471 e. The fourth-order valence-electron chi connectivity index (χ4n) is 5.15. The molecule has 0 aliphatic heterocycles. The third-order valence-corrected chi connectivity index (χ3v) is 8.62. The molecule has 1 amide bonds. The summed E-state index contributed by atoms with van der Waals surface area (Å²) in [5.74, 6) is -9.61. The van der Waals surface area contributed by atoms with Crippen molar-refractivity contribution in [1.82, 2.24) is 24.3 Å². The van der Waals surface area contributed by atoms with E-state index in [0.29, 0.717) is 10.4 Å². The Hall–Kier alpha value is -4.82. The second-order valence-corrected chi connectivity index (χ2v) is 13.2. The first-order valence-corrected chi connectivity index (χ1v) is 16.2. The molecule has 50 heavy (non-hydrogen) atoms. The van der Waals surface area contributed by atoms with Gasteiger partial charge in [-0.3, -0.25) is 18.8 Å². The maximum atomic E-state index is 14.2. The summed E-state index contributed by atoms with van der Waals surface area (Å²) in [7, 11) is -2.91. The van der Waals surface area contributed by atoms with E-state index in [0.717, 1.165) is 46.7 Å². The van der Waals surface area contributed by atoms with Gasteiger partial charge >= 0.3 is 12.1 Å². The van der Waals surface area contributed by atoms with Crippen LogP contribution in [0.25, 0.3) is 27.6 Å². The lowest BCUT2D eigenvalue weighted by atomic mass is 10.0. The molecule has 0 bridgehead atoms. The van der Waals surface area contributed by atoms with Crippen molar-refractivity contribution in [2.75, 3.05) is 17.2 Å². The third-order valence-electron chi connectivity index (χ3n) is 7.21. The van der Waals surface area contributed by atoms with Crippen LogP contribution in [0.15, 0.2) is 47.3 Å². The molecule has 0 aliphatic rings. The number of alkyl halides is 5. The molecule has 21 heteroatoms. The third kappa shape index (κ3) is 6.81. The first-order valence-electron chi connectivity index (χ1n) is 14.0. The average Bonchev–Trinajstić information content (AvgIpc) is 3.31. The summed E-state index contributed by atoms with van der Waals surface area (Å²) in [4.78, 5) is 34.8. The number of carbonyl (C=O) groups is 1. The summed E-state index contributed by atoms with van der Waals surface area (Å²) < 4.78 is 125. The lowest BCUT2D eigenvalue weighted by Gasteiger charge is -2.21. The first-order chi connectivity index (χ1) is 23.1. The Morgan fingerprint density at radius 1 is 1.06 bits per heavy atom.